The Hall–Kier alpha value is -0.590. The molecule has 0 radical (unpaired) electrons. The SMILES string of the molecule is Cc1cc(Br)nc(Cl)c1C#N. The minimum absolute atomic E-state index is 0.249. The molecule has 1 rings (SSSR count). The zero-order valence-electron chi connectivity index (χ0n) is 5.73. The minimum atomic E-state index is 0.249. The summed E-state index contributed by atoms with van der Waals surface area (Å²) in [5.74, 6) is 0. The van der Waals surface area contributed by atoms with Crippen LogP contribution in [0.25, 0.3) is 0 Å². The lowest BCUT2D eigenvalue weighted by atomic mass is 10.2. The lowest BCUT2D eigenvalue weighted by molar-refractivity contribution is 1.22. The largest absolute Gasteiger partial charge is 0.228 e. The van der Waals surface area contributed by atoms with E-state index < -0.39 is 0 Å². The van der Waals surface area contributed by atoms with Gasteiger partial charge in [0, 0.05) is 0 Å². The van der Waals surface area contributed by atoms with Gasteiger partial charge in [-0.25, -0.2) is 4.98 Å². The standard InChI is InChI=1S/C7H4BrClN2/c1-4-2-6(8)11-7(9)5(4)3-10/h2H,1H3. The molecule has 1 aromatic heterocycles. The Bertz CT molecular complexity index is 307. The number of hydrogen-bond donors (Lipinski definition) is 0. The van der Waals surface area contributed by atoms with E-state index >= 15 is 0 Å². The first-order chi connectivity index (χ1) is 5.15. The van der Waals surface area contributed by atoms with Crippen LogP contribution in [0.3, 0.4) is 0 Å². The average molecular weight is 231 g/mol. The van der Waals surface area contributed by atoms with Gasteiger partial charge in [-0.1, -0.05) is 11.6 Å². The normalized spacial score (nSPS) is 9.27. The van der Waals surface area contributed by atoms with E-state index in [-0.39, 0.29) is 5.15 Å². The van der Waals surface area contributed by atoms with Gasteiger partial charge < -0.3 is 0 Å². The van der Waals surface area contributed by atoms with Gasteiger partial charge in [-0.3, -0.25) is 0 Å². The third-order valence-corrected chi connectivity index (χ3v) is 1.93. The quantitative estimate of drug-likeness (QED) is 0.644. The van der Waals surface area contributed by atoms with Crippen molar-refractivity contribution in [3.05, 3.63) is 26.9 Å². The number of rotatable bonds is 0. The number of aryl methyl sites for hydroxylation is 1. The maximum atomic E-state index is 8.60. The number of nitrogens with zero attached hydrogens (tertiary/aromatic N) is 2. The molecule has 2 nitrogen and oxygen atoms in total. The zero-order chi connectivity index (χ0) is 8.43. The molecule has 0 aromatic carbocycles. The summed E-state index contributed by atoms with van der Waals surface area (Å²) in [6, 6.07) is 3.73. The van der Waals surface area contributed by atoms with Gasteiger partial charge in [0.1, 0.15) is 15.8 Å². The second kappa shape index (κ2) is 3.21. The lowest BCUT2D eigenvalue weighted by Crippen LogP contribution is -1.87. The molecule has 0 saturated heterocycles. The third kappa shape index (κ3) is 1.70. The van der Waals surface area contributed by atoms with Crippen LogP contribution in [0.15, 0.2) is 10.7 Å². The molecule has 0 aliphatic rings. The van der Waals surface area contributed by atoms with E-state index in [1.165, 1.54) is 0 Å². The number of pyridine rings is 1. The Kier molecular flexibility index (Phi) is 2.48. The highest BCUT2D eigenvalue weighted by atomic mass is 79.9. The molecule has 0 aliphatic carbocycles. The Morgan fingerprint density at radius 2 is 2.36 bits per heavy atom. The fourth-order valence-electron chi connectivity index (χ4n) is 0.730. The molecule has 0 amide bonds. The van der Waals surface area contributed by atoms with Crippen molar-refractivity contribution in [2.24, 2.45) is 0 Å². The fourth-order valence-corrected chi connectivity index (χ4v) is 1.63. The number of aromatic nitrogens is 1. The highest BCUT2D eigenvalue weighted by molar-refractivity contribution is 9.10. The van der Waals surface area contributed by atoms with Crippen molar-refractivity contribution < 1.29 is 0 Å². The Balaban J connectivity index is 3.40. The molecule has 0 spiro atoms. The van der Waals surface area contributed by atoms with Crippen LogP contribution in [0.2, 0.25) is 5.15 Å². The van der Waals surface area contributed by atoms with Crippen molar-refractivity contribution in [3.8, 4) is 6.07 Å². The van der Waals surface area contributed by atoms with Gasteiger partial charge in [-0.05, 0) is 34.5 Å². The van der Waals surface area contributed by atoms with Gasteiger partial charge in [-0.15, -0.1) is 0 Å². The Labute approximate surface area is 77.9 Å². The summed E-state index contributed by atoms with van der Waals surface area (Å²) in [7, 11) is 0. The van der Waals surface area contributed by atoms with Crippen molar-refractivity contribution in [2.45, 2.75) is 6.92 Å². The third-order valence-electron chi connectivity index (χ3n) is 1.25. The van der Waals surface area contributed by atoms with Crippen molar-refractivity contribution in [2.75, 3.05) is 0 Å². The zero-order valence-corrected chi connectivity index (χ0v) is 8.07. The van der Waals surface area contributed by atoms with E-state index in [9.17, 15) is 0 Å². The molecule has 11 heavy (non-hydrogen) atoms. The molecular formula is C7H4BrClN2. The minimum Gasteiger partial charge on any atom is -0.228 e. The molecule has 0 bridgehead atoms. The molecular weight excluding hydrogens is 227 g/mol. The van der Waals surface area contributed by atoms with E-state index in [2.05, 4.69) is 20.9 Å². The highest BCUT2D eigenvalue weighted by Crippen LogP contribution is 2.20. The summed E-state index contributed by atoms with van der Waals surface area (Å²) in [5.41, 5.74) is 1.27. The molecule has 1 heterocycles. The molecule has 0 atom stereocenters. The van der Waals surface area contributed by atoms with Crippen molar-refractivity contribution in [1.29, 1.82) is 5.26 Å². The van der Waals surface area contributed by atoms with Crippen LogP contribution in [-0.2, 0) is 0 Å². The predicted octanol–water partition coefficient (Wildman–Crippen LogP) is 2.68. The topological polar surface area (TPSA) is 36.7 Å². The number of halogens is 2. The second-order valence-corrected chi connectivity index (χ2v) is 3.21. The summed E-state index contributed by atoms with van der Waals surface area (Å²) in [5, 5.41) is 8.85. The van der Waals surface area contributed by atoms with Crippen LogP contribution in [0.1, 0.15) is 11.1 Å². The summed E-state index contributed by atoms with van der Waals surface area (Å²) in [6.45, 7) is 1.82. The van der Waals surface area contributed by atoms with Gasteiger partial charge in [0.25, 0.3) is 0 Å². The first kappa shape index (κ1) is 8.51. The maximum Gasteiger partial charge on any atom is 0.148 e. The summed E-state index contributed by atoms with van der Waals surface area (Å²) < 4.78 is 0.652. The molecule has 4 heteroatoms. The van der Waals surface area contributed by atoms with Crippen LogP contribution in [0.4, 0.5) is 0 Å². The van der Waals surface area contributed by atoms with Crippen LogP contribution in [0.5, 0.6) is 0 Å². The van der Waals surface area contributed by atoms with E-state index in [1.807, 2.05) is 13.0 Å². The Morgan fingerprint density at radius 1 is 1.73 bits per heavy atom. The molecule has 0 unspecified atom stereocenters. The van der Waals surface area contributed by atoms with E-state index in [0.29, 0.717) is 10.2 Å². The molecule has 56 valence electrons. The van der Waals surface area contributed by atoms with Crippen LogP contribution in [0, 0.1) is 18.3 Å². The highest BCUT2D eigenvalue weighted by Gasteiger charge is 2.05. The molecule has 0 aliphatic heterocycles. The lowest BCUT2D eigenvalue weighted by Gasteiger charge is -1.98. The molecule has 0 fully saturated rings. The molecule has 1 aromatic rings. The summed E-state index contributed by atoms with van der Waals surface area (Å²) in [4.78, 5) is 3.86. The van der Waals surface area contributed by atoms with Crippen molar-refractivity contribution in [1.82, 2.24) is 4.98 Å². The van der Waals surface area contributed by atoms with Gasteiger partial charge in [-0.2, -0.15) is 5.26 Å². The van der Waals surface area contributed by atoms with Gasteiger partial charge in [0.15, 0.2) is 0 Å². The van der Waals surface area contributed by atoms with Gasteiger partial charge in [0.2, 0.25) is 0 Å². The molecule has 0 saturated carbocycles. The van der Waals surface area contributed by atoms with Crippen molar-refractivity contribution in [3.63, 3.8) is 0 Å². The number of hydrogen-bond acceptors (Lipinski definition) is 2. The van der Waals surface area contributed by atoms with Crippen LogP contribution >= 0.6 is 27.5 Å². The van der Waals surface area contributed by atoms with Crippen LogP contribution in [-0.4, -0.2) is 4.98 Å². The monoisotopic (exact) mass is 230 g/mol. The second-order valence-electron chi connectivity index (χ2n) is 2.04. The van der Waals surface area contributed by atoms with E-state index in [0.717, 1.165) is 5.56 Å². The molecule has 0 N–H and O–H groups in total. The van der Waals surface area contributed by atoms with Gasteiger partial charge >= 0.3 is 0 Å². The summed E-state index contributed by atoms with van der Waals surface area (Å²) in [6.07, 6.45) is 0. The number of nitriles is 1. The average Bonchev–Trinajstić information content (AvgIpc) is 1.85. The fraction of sp³-hybridized carbons (Fsp3) is 0.143. The predicted molar refractivity (Wildman–Crippen MR) is 46.4 cm³/mol. The first-order valence-electron chi connectivity index (χ1n) is 2.88. The van der Waals surface area contributed by atoms with Crippen molar-refractivity contribution >= 4 is 27.5 Å². The van der Waals surface area contributed by atoms with Crippen LogP contribution < -0.4 is 0 Å². The maximum absolute atomic E-state index is 8.60. The Morgan fingerprint density at radius 3 is 2.82 bits per heavy atom. The first-order valence-corrected chi connectivity index (χ1v) is 4.05. The van der Waals surface area contributed by atoms with E-state index in [4.69, 9.17) is 16.9 Å². The smallest absolute Gasteiger partial charge is 0.148 e. The van der Waals surface area contributed by atoms with E-state index in [1.54, 1.807) is 6.07 Å². The summed E-state index contributed by atoms with van der Waals surface area (Å²) >= 11 is 8.84. The van der Waals surface area contributed by atoms with Gasteiger partial charge in [0.05, 0.1) is 5.56 Å².